The SMILES string of the molecule is C[C@@H]1CN(c2ncc(Cl)c(Nc3ccc4cnn(C)c4c3)n2)CCC1CNc1ccc2c(C3CCC(=O)NC3=O)nn(C)c2c1. The lowest BCUT2D eigenvalue weighted by molar-refractivity contribution is -0.134. The summed E-state index contributed by atoms with van der Waals surface area (Å²) in [5.74, 6) is 1.21. The Balaban J connectivity index is 0.992. The van der Waals surface area contributed by atoms with Gasteiger partial charge in [-0.1, -0.05) is 18.5 Å². The van der Waals surface area contributed by atoms with E-state index in [0.717, 1.165) is 64.9 Å². The van der Waals surface area contributed by atoms with E-state index in [0.29, 0.717) is 41.5 Å². The fourth-order valence-electron chi connectivity index (χ4n) is 6.49. The van der Waals surface area contributed by atoms with Gasteiger partial charge in [-0.05, 0) is 61.1 Å². The minimum absolute atomic E-state index is 0.222. The van der Waals surface area contributed by atoms with E-state index in [9.17, 15) is 9.59 Å². The summed E-state index contributed by atoms with van der Waals surface area (Å²) in [6.45, 7) is 4.79. The molecule has 0 saturated carbocycles. The molecule has 12 nitrogen and oxygen atoms in total. The van der Waals surface area contributed by atoms with E-state index in [1.165, 1.54) is 0 Å². The first-order valence-corrected chi connectivity index (χ1v) is 15.6. The number of aromatic nitrogens is 6. The molecule has 2 aliphatic rings. The van der Waals surface area contributed by atoms with Gasteiger partial charge in [0.2, 0.25) is 17.8 Å². The summed E-state index contributed by atoms with van der Waals surface area (Å²) in [4.78, 5) is 35.7. The Kier molecular flexibility index (Phi) is 7.52. The summed E-state index contributed by atoms with van der Waals surface area (Å²) in [5.41, 5.74) is 4.59. The van der Waals surface area contributed by atoms with E-state index < -0.39 is 5.92 Å². The fourth-order valence-corrected chi connectivity index (χ4v) is 6.63. The van der Waals surface area contributed by atoms with Crippen molar-refractivity contribution in [3.63, 3.8) is 0 Å². The number of imide groups is 1. The van der Waals surface area contributed by atoms with Crippen molar-refractivity contribution in [3.8, 4) is 0 Å². The van der Waals surface area contributed by atoms with Crippen LogP contribution in [0, 0.1) is 11.8 Å². The van der Waals surface area contributed by atoms with Crippen LogP contribution >= 0.6 is 11.6 Å². The summed E-state index contributed by atoms with van der Waals surface area (Å²) in [5, 5.41) is 20.9. The second-order valence-corrected chi connectivity index (χ2v) is 12.5. The monoisotopic (exact) mass is 626 g/mol. The van der Waals surface area contributed by atoms with Crippen LogP contribution in [0.15, 0.2) is 48.8 Å². The van der Waals surface area contributed by atoms with E-state index in [1.54, 1.807) is 6.20 Å². The zero-order valence-corrected chi connectivity index (χ0v) is 26.2. The van der Waals surface area contributed by atoms with E-state index in [1.807, 2.05) is 60.0 Å². The molecule has 45 heavy (non-hydrogen) atoms. The Morgan fingerprint density at radius 3 is 2.67 bits per heavy atom. The van der Waals surface area contributed by atoms with E-state index >= 15 is 0 Å². The van der Waals surface area contributed by atoms with Crippen LogP contribution in [0.2, 0.25) is 5.02 Å². The Morgan fingerprint density at radius 1 is 1.02 bits per heavy atom. The number of carbonyl (C=O) groups excluding carboxylic acids is 2. The molecule has 2 unspecified atom stereocenters. The van der Waals surface area contributed by atoms with Crippen molar-refractivity contribution in [1.29, 1.82) is 0 Å². The summed E-state index contributed by atoms with van der Waals surface area (Å²) in [7, 11) is 3.81. The van der Waals surface area contributed by atoms with Gasteiger partial charge in [0, 0.05) is 62.3 Å². The lowest BCUT2D eigenvalue weighted by Gasteiger charge is -2.37. The molecule has 0 aliphatic carbocycles. The first-order valence-electron chi connectivity index (χ1n) is 15.2. The molecular formula is C32H35ClN10O2. The van der Waals surface area contributed by atoms with Gasteiger partial charge in [-0.25, -0.2) is 4.98 Å². The minimum atomic E-state index is -0.413. The van der Waals surface area contributed by atoms with Gasteiger partial charge in [0.15, 0.2) is 5.82 Å². The van der Waals surface area contributed by atoms with Crippen LogP contribution in [0.3, 0.4) is 0 Å². The topological polar surface area (TPSA) is 135 Å². The summed E-state index contributed by atoms with van der Waals surface area (Å²) in [6.07, 6.45) is 5.31. The highest BCUT2D eigenvalue weighted by atomic mass is 35.5. The van der Waals surface area contributed by atoms with Gasteiger partial charge < -0.3 is 15.5 Å². The van der Waals surface area contributed by atoms with Gasteiger partial charge in [-0.15, -0.1) is 0 Å². The maximum Gasteiger partial charge on any atom is 0.235 e. The molecule has 0 bridgehead atoms. The number of hydrogen-bond acceptors (Lipinski definition) is 9. The minimum Gasteiger partial charge on any atom is -0.385 e. The van der Waals surface area contributed by atoms with E-state index in [4.69, 9.17) is 16.6 Å². The highest BCUT2D eigenvalue weighted by molar-refractivity contribution is 6.32. The van der Waals surface area contributed by atoms with Crippen LogP contribution in [-0.4, -0.2) is 61.0 Å². The summed E-state index contributed by atoms with van der Waals surface area (Å²) in [6, 6.07) is 12.2. The first-order chi connectivity index (χ1) is 21.7. The molecule has 3 N–H and O–H groups in total. The third kappa shape index (κ3) is 5.66. The summed E-state index contributed by atoms with van der Waals surface area (Å²) < 4.78 is 3.65. The molecule has 3 atom stereocenters. The zero-order valence-electron chi connectivity index (χ0n) is 25.4. The normalized spacial score (nSPS) is 20.5. The quantitative estimate of drug-likeness (QED) is 0.219. The Hall–Kier alpha value is -4.71. The number of anilines is 4. The van der Waals surface area contributed by atoms with Crippen LogP contribution in [0.5, 0.6) is 0 Å². The van der Waals surface area contributed by atoms with Crippen molar-refractivity contribution in [3.05, 3.63) is 59.5 Å². The predicted molar refractivity (Wildman–Crippen MR) is 175 cm³/mol. The number of fused-ring (bicyclic) bond motifs is 2. The van der Waals surface area contributed by atoms with Crippen LogP contribution < -0.4 is 20.9 Å². The molecule has 2 saturated heterocycles. The second kappa shape index (κ2) is 11.7. The standard InChI is InChI=1S/C32H35ClN10O2/c1-18-17-43(32-35-16-25(33)30(39-32)37-22-5-4-20-15-36-41(2)26(20)13-22)11-10-19(18)14-34-21-6-7-23-27(12-21)42(3)40-29(23)24-8-9-28(44)38-31(24)45/h4-7,12-13,15-16,18-19,24,34H,8-11,14,17H2,1-3H3,(H,35,37,39)(H,38,44,45)/t18-,19?,24?/m1/s1. The molecule has 0 radical (unpaired) electrons. The van der Waals surface area contributed by atoms with Crippen LogP contribution in [-0.2, 0) is 23.7 Å². The number of piperidine rings is 2. The smallest absolute Gasteiger partial charge is 0.235 e. The van der Waals surface area contributed by atoms with Crippen molar-refractivity contribution < 1.29 is 9.59 Å². The number of aryl methyl sites for hydroxylation is 2. The van der Waals surface area contributed by atoms with Crippen molar-refractivity contribution >= 4 is 68.4 Å². The third-order valence-corrected chi connectivity index (χ3v) is 9.40. The van der Waals surface area contributed by atoms with Gasteiger partial charge >= 0.3 is 0 Å². The lowest BCUT2D eigenvalue weighted by Crippen LogP contribution is -2.42. The van der Waals surface area contributed by atoms with Gasteiger partial charge in [0.25, 0.3) is 0 Å². The van der Waals surface area contributed by atoms with Crippen molar-refractivity contribution in [2.75, 3.05) is 35.2 Å². The molecule has 3 aromatic heterocycles. The van der Waals surface area contributed by atoms with E-state index in [2.05, 4.69) is 49.0 Å². The second-order valence-electron chi connectivity index (χ2n) is 12.1. The molecule has 5 heterocycles. The number of halogens is 1. The Morgan fingerprint density at radius 2 is 1.84 bits per heavy atom. The molecule has 5 aromatic rings. The number of carbonyl (C=O) groups is 2. The first kappa shape index (κ1) is 29.0. The zero-order chi connectivity index (χ0) is 31.2. The van der Waals surface area contributed by atoms with E-state index in [-0.39, 0.29) is 11.8 Å². The highest BCUT2D eigenvalue weighted by Crippen LogP contribution is 2.33. The number of nitrogens with zero attached hydrogens (tertiary/aromatic N) is 7. The highest BCUT2D eigenvalue weighted by Gasteiger charge is 2.32. The van der Waals surface area contributed by atoms with Gasteiger partial charge in [-0.3, -0.25) is 24.3 Å². The van der Waals surface area contributed by atoms with Crippen molar-refractivity contribution in [2.45, 2.75) is 32.1 Å². The molecular weight excluding hydrogens is 592 g/mol. The molecule has 13 heteroatoms. The predicted octanol–water partition coefficient (Wildman–Crippen LogP) is 4.74. The Labute approximate surface area is 265 Å². The van der Waals surface area contributed by atoms with Crippen LogP contribution in [0.25, 0.3) is 21.8 Å². The average molecular weight is 627 g/mol. The fraction of sp³-hybridized carbons (Fsp3) is 0.375. The average Bonchev–Trinajstić information content (AvgIpc) is 3.56. The molecule has 0 spiro atoms. The third-order valence-electron chi connectivity index (χ3n) is 9.13. The maximum atomic E-state index is 12.5. The van der Waals surface area contributed by atoms with Crippen molar-refractivity contribution in [2.24, 2.45) is 25.9 Å². The largest absolute Gasteiger partial charge is 0.385 e. The Bertz CT molecular complexity index is 1930. The van der Waals surface area contributed by atoms with Crippen LogP contribution in [0.4, 0.5) is 23.1 Å². The van der Waals surface area contributed by atoms with Crippen molar-refractivity contribution in [1.82, 2.24) is 34.8 Å². The molecule has 2 fully saturated rings. The summed E-state index contributed by atoms with van der Waals surface area (Å²) >= 11 is 6.50. The number of amides is 2. The van der Waals surface area contributed by atoms with Gasteiger partial charge in [0.1, 0.15) is 5.02 Å². The number of nitrogens with one attached hydrogen (secondary N) is 3. The molecule has 2 aromatic carbocycles. The molecule has 2 aliphatic heterocycles. The molecule has 232 valence electrons. The van der Waals surface area contributed by atoms with Gasteiger partial charge in [-0.2, -0.15) is 15.2 Å². The molecule has 7 rings (SSSR count). The number of rotatable bonds is 7. The lowest BCUT2D eigenvalue weighted by atomic mass is 9.87. The van der Waals surface area contributed by atoms with Crippen LogP contribution in [0.1, 0.15) is 37.8 Å². The number of benzene rings is 2. The molecule has 2 amide bonds. The number of hydrogen-bond donors (Lipinski definition) is 3. The van der Waals surface area contributed by atoms with Gasteiger partial charge in [0.05, 0.1) is 35.0 Å². The maximum absolute atomic E-state index is 12.5.